The standard InChI is InChI=1S/C17H21NO3/c1-17(2)8-7-14(10-5-3-4-6-13(10)17)18-15(19)11-9-12(11)16(20)21/h3-6,11-12,14H,7-9H2,1-2H3,(H,18,19)(H,20,21). The van der Waals surface area contributed by atoms with Crippen molar-refractivity contribution in [2.75, 3.05) is 0 Å². The van der Waals surface area contributed by atoms with Crippen LogP contribution in [0.2, 0.25) is 0 Å². The zero-order valence-corrected chi connectivity index (χ0v) is 12.4. The van der Waals surface area contributed by atoms with Crippen molar-refractivity contribution in [1.29, 1.82) is 0 Å². The summed E-state index contributed by atoms with van der Waals surface area (Å²) in [5, 5.41) is 12.0. The summed E-state index contributed by atoms with van der Waals surface area (Å²) >= 11 is 0. The van der Waals surface area contributed by atoms with Crippen LogP contribution in [0.25, 0.3) is 0 Å². The van der Waals surface area contributed by atoms with E-state index in [1.165, 1.54) is 11.1 Å². The van der Waals surface area contributed by atoms with Crippen molar-refractivity contribution in [3.05, 3.63) is 35.4 Å². The molecular formula is C17H21NO3. The molecule has 1 fully saturated rings. The molecule has 0 bridgehead atoms. The summed E-state index contributed by atoms with van der Waals surface area (Å²) in [7, 11) is 0. The molecule has 1 amide bonds. The van der Waals surface area contributed by atoms with Crippen molar-refractivity contribution in [3.63, 3.8) is 0 Å². The quantitative estimate of drug-likeness (QED) is 0.898. The Bertz CT molecular complexity index is 593. The second-order valence-corrected chi connectivity index (χ2v) is 6.86. The van der Waals surface area contributed by atoms with Crippen LogP contribution in [0.5, 0.6) is 0 Å². The van der Waals surface area contributed by atoms with Gasteiger partial charge in [-0.1, -0.05) is 38.1 Å². The molecule has 4 heteroatoms. The van der Waals surface area contributed by atoms with E-state index in [2.05, 4.69) is 31.3 Å². The minimum Gasteiger partial charge on any atom is -0.481 e. The fraction of sp³-hybridized carbons (Fsp3) is 0.529. The Kier molecular flexibility index (Phi) is 3.27. The summed E-state index contributed by atoms with van der Waals surface area (Å²) in [4.78, 5) is 23.1. The van der Waals surface area contributed by atoms with Gasteiger partial charge in [0.15, 0.2) is 0 Å². The number of rotatable bonds is 3. The molecule has 1 aromatic rings. The van der Waals surface area contributed by atoms with E-state index in [0.29, 0.717) is 6.42 Å². The topological polar surface area (TPSA) is 66.4 Å². The molecule has 0 aromatic heterocycles. The summed E-state index contributed by atoms with van der Waals surface area (Å²) in [5.74, 6) is -1.80. The van der Waals surface area contributed by atoms with Crippen molar-refractivity contribution >= 4 is 11.9 Å². The third-order valence-corrected chi connectivity index (χ3v) is 4.88. The molecule has 3 unspecified atom stereocenters. The Morgan fingerprint density at radius 2 is 1.95 bits per heavy atom. The molecule has 0 saturated heterocycles. The maximum absolute atomic E-state index is 12.2. The lowest BCUT2D eigenvalue weighted by molar-refractivity contribution is -0.140. The molecule has 0 radical (unpaired) electrons. The van der Waals surface area contributed by atoms with Crippen molar-refractivity contribution in [1.82, 2.24) is 5.32 Å². The first-order valence-electron chi connectivity index (χ1n) is 7.53. The van der Waals surface area contributed by atoms with Crippen LogP contribution in [-0.4, -0.2) is 17.0 Å². The summed E-state index contributed by atoms with van der Waals surface area (Å²) in [5.41, 5.74) is 2.59. The lowest BCUT2D eigenvalue weighted by Gasteiger charge is -2.37. The van der Waals surface area contributed by atoms with Gasteiger partial charge in [0, 0.05) is 0 Å². The van der Waals surface area contributed by atoms with E-state index >= 15 is 0 Å². The average molecular weight is 287 g/mol. The van der Waals surface area contributed by atoms with Gasteiger partial charge in [-0.25, -0.2) is 0 Å². The third-order valence-electron chi connectivity index (χ3n) is 4.88. The number of hydrogen-bond acceptors (Lipinski definition) is 2. The zero-order chi connectivity index (χ0) is 15.2. The van der Waals surface area contributed by atoms with Crippen LogP contribution in [0.1, 0.15) is 50.3 Å². The first-order chi connectivity index (χ1) is 9.90. The molecule has 2 aliphatic carbocycles. The average Bonchev–Trinajstić information content (AvgIpc) is 3.23. The van der Waals surface area contributed by atoms with Gasteiger partial charge in [-0.3, -0.25) is 9.59 Å². The molecule has 3 atom stereocenters. The summed E-state index contributed by atoms with van der Waals surface area (Å²) in [6, 6.07) is 8.24. The monoisotopic (exact) mass is 287 g/mol. The first-order valence-corrected chi connectivity index (χ1v) is 7.53. The molecule has 4 nitrogen and oxygen atoms in total. The van der Waals surface area contributed by atoms with Crippen molar-refractivity contribution < 1.29 is 14.7 Å². The fourth-order valence-electron chi connectivity index (χ4n) is 3.40. The molecular weight excluding hydrogens is 266 g/mol. The van der Waals surface area contributed by atoms with E-state index in [-0.39, 0.29) is 23.3 Å². The molecule has 2 aliphatic rings. The Hall–Kier alpha value is -1.84. The van der Waals surface area contributed by atoms with E-state index in [4.69, 9.17) is 5.11 Å². The van der Waals surface area contributed by atoms with Crippen LogP contribution in [0.3, 0.4) is 0 Å². The Morgan fingerprint density at radius 3 is 2.62 bits per heavy atom. The number of amides is 1. The second kappa shape index (κ2) is 4.86. The zero-order valence-electron chi connectivity index (χ0n) is 12.4. The molecule has 112 valence electrons. The summed E-state index contributed by atoms with van der Waals surface area (Å²) < 4.78 is 0. The largest absolute Gasteiger partial charge is 0.481 e. The number of benzene rings is 1. The van der Waals surface area contributed by atoms with Gasteiger partial charge in [-0.2, -0.15) is 0 Å². The van der Waals surface area contributed by atoms with Crippen LogP contribution in [-0.2, 0) is 15.0 Å². The van der Waals surface area contributed by atoms with Gasteiger partial charge in [0.05, 0.1) is 17.9 Å². The van der Waals surface area contributed by atoms with Crippen LogP contribution < -0.4 is 5.32 Å². The van der Waals surface area contributed by atoms with Crippen molar-refractivity contribution in [2.45, 2.75) is 44.6 Å². The second-order valence-electron chi connectivity index (χ2n) is 6.86. The van der Waals surface area contributed by atoms with Gasteiger partial charge >= 0.3 is 5.97 Å². The Morgan fingerprint density at radius 1 is 1.24 bits per heavy atom. The Labute approximate surface area is 124 Å². The predicted molar refractivity (Wildman–Crippen MR) is 78.8 cm³/mol. The highest BCUT2D eigenvalue weighted by molar-refractivity contribution is 5.89. The maximum Gasteiger partial charge on any atom is 0.307 e. The molecule has 21 heavy (non-hydrogen) atoms. The molecule has 2 N–H and O–H groups in total. The highest BCUT2D eigenvalue weighted by Crippen LogP contribution is 2.43. The van der Waals surface area contributed by atoms with E-state index in [9.17, 15) is 9.59 Å². The summed E-state index contributed by atoms with van der Waals surface area (Å²) in [6.45, 7) is 4.45. The number of carbonyl (C=O) groups is 2. The molecule has 1 aromatic carbocycles. The van der Waals surface area contributed by atoms with E-state index in [0.717, 1.165) is 12.8 Å². The number of carboxylic acids is 1. The van der Waals surface area contributed by atoms with Crippen molar-refractivity contribution in [3.8, 4) is 0 Å². The van der Waals surface area contributed by atoms with Gasteiger partial charge in [0.2, 0.25) is 5.91 Å². The lowest BCUT2D eigenvalue weighted by Crippen LogP contribution is -2.36. The van der Waals surface area contributed by atoms with Gasteiger partial charge in [0.25, 0.3) is 0 Å². The van der Waals surface area contributed by atoms with Gasteiger partial charge < -0.3 is 10.4 Å². The number of carboxylic acid groups (broad SMARTS) is 1. The number of nitrogens with one attached hydrogen (secondary N) is 1. The number of fused-ring (bicyclic) bond motifs is 1. The van der Waals surface area contributed by atoms with Crippen LogP contribution in [0.15, 0.2) is 24.3 Å². The SMILES string of the molecule is CC1(C)CCC(NC(=O)C2CC2C(=O)O)c2ccccc21. The smallest absolute Gasteiger partial charge is 0.307 e. The number of carbonyl (C=O) groups excluding carboxylic acids is 1. The van der Waals surface area contributed by atoms with Crippen LogP contribution >= 0.6 is 0 Å². The number of hydrogen-bond donors (Lipinski definition) is 2. The van der Waals surface area contributed by atoms with Crippen LogP contribution in [0, 0.1) is 11.8 Å². The normalized spacial score (nSPS) is 29.3. The molecule has 0 spiro atoms. The van der Waals surface area contributed by atoms with E-state index < -0.39 is 11.9 Å². The fourth-order valence-corrected chi connectivity index (χ4v) is 3.40. The predicted octanol–water partition coefficient (Wildman–Crippen LogP) is 2.64. The van der Waals surface area contributed by atoms with Crippen LogP contribution in [0.4, 0.5) is 0 Å². The van der Waals surface area contributed by atoms with Gasteiger partial charge in [0.1, 0.15) is 0 Å². The molecule has 0 aliphatic heterocycles. The van der Waals surface area contributed by atoms with Gasteiger partial charge in [-0.15, -0.1) is 0 Å². The molecule has 1 saturated carbocycles. The van der Waals surface area contributed by atoms with E-state index in [1.54, 1.807) is 0 Å². The number of aliphatic carboxylic acids is 1. The maximum atomic E-state index is 12.2. The van der Waals surface area contributed by atoms with E-state index in [1.807, 2.05) is 12.1 Å². The molecule has 3 rings (SSSR count). The Balaban J connectivity index is 1.76. The lowest BCUT2D eigenvalue weighted by atomic mass is 9.71. The minimum absolute atomic E-state index is 0.0109. The van der Waals surface area contributed by atoms with Gasteiger partial charge in [-0.05, 0) is 35.8 Å². The highest BCUT2D eigenvalue weighted by Gasteiger charge is 2.49. The summed E-state index contributed by atoms with van der Waals surface area (Å²) in [6.07, 6.45) is 2.39. The minimum atomic E-state index is -0.861. The third kappa shape index (κ3) is 2.55. The highest BCUT2D eigenvalue weighted by atomic mass is 16.4. The molecule has 0 heterocycles. The van der Waals surface area contributed by atoms with Crippen molar-refractivity contribution in [2.24, 2.45) is 11.8 Å². The first kappa shape index (κ1) is 14.1.